The summed E-state index contributed by atoms with van der Waals surface area (Å²) in [6.45, 7) is 27.4. The van der Waals surface area contributed by atoms with Crippen LogP contribution in [0, 0.1) is 94.7 Å². The number of rotatable bonds is 36. The molecule has 0 unspecified atom stereocenters. The van der Waals surface area contributed by atoms with Crippen LogP contribution in [0.1, 0.15) is 184 Å². The molecule has 3 fully saturated rings. The zero-order chi connectivity index (χ0) is 98.5. The van der Waals surface area contributed by atoms with Crippen molar-refractivity contribution in [2.24, 2.45) is 0 Å². The maximum absolute atomic E-state index is 12.4. The highest BCUT2D eigenvalue weighted by atomic mass is 16.5. The number of nitrogens with zero attached hydrogens (tertiary/aromatic N) is 3. The van der Waals surface area contributed by atoms with Crippen LogP contribution in [0.25, 0.3) is 0 Å². The number of amides is 5. The summed E-state index contributed by atoms with van der Waals surface area (Å²) in [4.78, 5) is 104. The molecular weight excluding hydrogens is 1750 g/mol. The van der Waals surface area contributed by atoms with Crippen LogP contribution < -0.4 is 37.2 Å². The molecule has 11 rings (SSSR count). The number of Topliss-reactive ketones (excluding diaryl/α,β-unsaturated/α-hetero) is 3. The van der Waals surface area contributed by atoms with Gasteiger partial charge in [0.2, 0.25) is 5.91 Å². The summed E-state index contributed by atoms with van der Waals surface area (Å²) in [5.41, 5.74) is 4.23. The standard InChI is InChI=1S/C29H35N3O5.C26H28N2O5.C26H29NO7.C25H28N4O4/c1-3-27(34)28(22(2)33)31-29(35)24-11-9-23(10-12-24)7-4-5-8-25-13-14-26(37-25)21-30-15-6-16-32-17-19-36-20-18-32;1-3-24(30)25(19(2)29)27-26(31)21-10-8-20(9-11-21)6-4-5-7-22-12-13-23(33-22)18-28-14-16-32-17-15-28;1-3-24(30)25(19(2)29)27-26(31)21-10-8-20(9-11-21)6-4-5-7-22-12-13-23(34-22)18-33-17-16-32-15-14-28;1-18(30)23(25(32)26-2)28-24(31)20-9-7-19(8-10-20)5-3-4-6-21-11-12-22(33-21)17-29-15-13-27-14-16-29/h9-14,22,28,30,33H,3,6,15-21H2,1-2H3,(H,31,35);8-13,19,25,29H,3,14-18H2,1-2H3,(H,27,31);8-13,19,25,28-29H,3,14-18H2,1-2H3,(H,27,31);7-12,18,23,27,30H,13-17H2,1-2H3,(H,26,32)(H,28,31)/t22-,28-;2*19-,25-;18-,23+/m0001/s1. The molecule has 0 aliphatic carbocycles. The van der Waals surface area contributed by atoms with Crippen LogP contribution in [0.2, 0.25) is 0 Å². The first-order valence-corrected chi connectivity index (χ1v) is 45.4. The van der Waals surface area contributed by atoms with Crippen molar-refractivity contribution in [3.63, 3.8) is 0 Å². The molecule has 137 heavy (non-hydrogen) atoms. The summed E-state index contributed by atoms with van der Waals surface area (Å²) >= 11 is 0. The quantitative estimate of drug-likeness (QED) is 0.0160. The number of furan rings is 4. The fourth-order valence-electron chi connectivity index (χ4n) is 13.2. The number of piperazine rings is 1. The predicted molar refractivity (Wildman–Crippen MR) is 513 cm³/mol. The highest BCUT2D eigenvalue weighted by Crippen LogP contribution is 2.17. The van der Waals surface area contributed by atoms with Crippen LogP contribution in [-0.2, 0) is 64.4 Å². The van der Waals surface area contributed by atoms with Crippen molar-refractivity contribution >= 4 is 46.9 Å². The molecule has 3 aliphatic rings. The van der Waals surface area contributed by atoms with Gasteiger partial charge in [0.25, 0.3) is 23.6 Å². The van der Waals surface area contributed by atoms with Crippen molar-refractivity contribution in [2.45, 2.75) is 149 Å². The number of carbonyl (C=O) groups is 8. The fraction of sp³-hybridized carbons (Fsp3) is 0.396. The Balaban J connectivity index is 0.000000224. The Labute approximate surface area is 800 Å². The average Bonchev–Trinajstić information content (AvgIpc) is 1.47. The van der Waals surface area contributed by atoms with Gasteiger partial charge in [-0.2, -0.15) is 0 Å². The fourth-order valence-corrected chi connectivity index (χ4v) is 13.2. The van der Waals surface area contributed by atoms with Crippen molar-refractivity contribution in [3.05, 3.63) is 236 Å². The third-order valence-electron chi connectivity index (χ3n) is 20.9. The molecule has 0 saturated carbocycles. The first kappa shape index (κ1) is 109. The van der Waals surface area contributed by atoms with Crippen molar-refractivity contribution in [2.75, 3.05) is 125 Å². The molecule has 5 amide bonds. The van der Waals surface area contributed by atoms with Gasteiger partial charge < -0.3 is 99.4 Å². The highest BCUT2D eigenvalue weighted by molar-refractivity contribution is 6.00. The summed E-state index contributed by atoms with van der Waals surface area (Å²) < 4.78 is 44.0. The summed E-state index contributed by atoms with van der Waals surface area (Å²) in [7, 11) is 1.44. The van der Waals surface area contributed by atoms with Crippen LogP contribution in [0.15, 0.2) is 163 Å². The molecular formula is C106H120N10O21. The van der Waals surface area contributed by atoms with Crippen LogP contribution in [0.5, 0.6) is 0 Å². The first-order valence-electron chi connectivity index (χ1n) is 45.4. The van der Waals surface area contributed by atoms with Gasteiger partial charge in [-0.3, -0.25) is 53.1 Å². The molecule has 7 heterocycles. The normalized spacial score (nSPS) is 14.4. The monoisotopic (exact) mass is 1870 g/mol. The van der Waals surface area contributed by atoms with Gasteiger partial charge >= 0.3 is 0 Å². The van der Waals surface area contributed by atoms with E-state index in [1.807, 2.05) is 36.4 Å². The molecule has 31 heteroatoms. The van der Waals surface area contributed by atoms with Gasteiger partial charge in [-0.15, -0.1) is 0 Å². The predicted octanol–water partition coefficient (Wildman–Crippen LogP) is 5.91. The van der Waals surface area contributed by atoms with Crippen LogP contribution in [0.4, 0.5) is 0 Å². The number of aliphatic hydroxyl groups excluding tert-OH is 5. The van der Waals surface area contributed by atoms with Gasteiger partial charge in [0, 0.05) is 123 Å². The highest BCUT2D eigenvalue weighted by Gasteiger charge is 2.29. The minimum Gasteiger partial charge on any atom is -0.451 e. The lowest BCUT2D eigenvalue weighted by Crippen LogP contribution is -2.51. The van der Waals surface area contributed by atoms with E-state index in [1.54, 1.807) is 130 Å². The van der Waals surface area contributed by atoms with Gasteiger partial charge in [0.05, 0.1) is 96.9 Å². The Morgan fingerprint density at radius 3 is 1.05 bits per heavy atom. The average molecular weight is 1870 g/mol. The number of likely N-dealkylation sites (N-methyl/N-ethyl adjacent to an activating group) is 1. The number of aliphatic hydroxyl groups is 5. The summed E-state index contributed by atoms with van der Waals surface area (Å²) in [6.07, 6.45) is -2.16. The zero-order valence-corrected chi connectivity index (χ0v) is 78.5. The second-order valence-corrected chi connectivity index (χ2v) is 31.5. The number of hydrogen-bond donors (Lipinski definition) is 12. The summed E-state index contributed by atoms with van der Waals surface area (Å²) in [5, 5.41) is 67.0. The van der Waals surface area contributed by atoms with E-state index in [0.29, 0.717) is 99.7 Å². The number of morpholine rings is 2. The second kappa shape index (κ2) is 60.6. The van der Waals surface area contributed by atoms with Crippen molar-refractivity contribution in [1.82, 2.24) is 51.9 Å². The Kier molecular flexibility index (Phi) is 48.0. The molecule has 4 aromatic carbocycles. The SMILES string of the molecule is CCC(=O)[C@@H](NC(=O)c1ccc(C#CC#Cc2ccc(CN3CCOCC3)o2)cc1)[C@H](C)O.CCC(=O)[C@@H](NC(=O)c1ccc(C#CC#Cc2ccc(CNCCCN3CCOCC3)o2)cc1)[C@H](C)O.CCC(=O)[C@@H](NC(=O)c1ccc(C#CC#Cc2ccc(COCCOCCO)o2)cc1)[C@H](C)O.CNC(=O)[C@@H](NC(=O)c1ccc(C#CC#Cc2ccc(CN3CCNCC3)o2)cc1)[C@@H](C)O. The number of hydrogen-bond acceptors (Lipinski definition) is 26. The minimum absolute atomic E-state index is 0.0148. The van der Waals surface area contributed by atoms with Crippen LogP contribution in [0.3, 0.4) is 0 Å². The molecule has 720 valence electrons. The Morgan fingerprint density at radius 1 is 0.387 bits per heavy atom. The second-order valence-electron chi connectivity index (χ2n) is 31.5. The summed E-state index contributed by atoms with van der Waals surface area (Å²) in [5.74, 6) is 47.8. The molecule has 0 radical (unpaired) electrons. The zero-order valence-electron chi connectivity index (χ0n) is 78.5. The lowest BCUT2D eigenvalue weighted by Gasteiger charge is -2.26. The number of carbonyl (C=O) groups excluding carboxylic acids is 8. The number of ether oxygens (including phenoxy) is 4. The molecule has 8 atom stereocenters. The maximum Gasteiger partial charge on any atom is 0.252 e. The van der Waals surface area contributed by atoms with Gasteiger partial charge in [-0.05, 0) is 264 Å². The van der Waals surface area contributed by atoms with Gasteiger partial charge in [0.1, 0.15) is 53.8 Å². The summed E-state index contributed by atoms with van der Waals surface area (Å²) in [6, 6.07) is 37.4. The molecule has 31 nitrogen and oxygen atoms in total. The van der Waals surface area contributed by atoms with E-state index in [-0.39, 0.29) is 49.8 Å². The number of ketones is 3. The number of benzene rings is 4. The van der Waals surface area contributed by atoms with E-state index < -0.39 is 78.1 Å². The molecule has 8 aromatic rings. The molecule has 0 spiro atoms. The lowest BCUT2D eigenvalue weighted by atomic mass is 10.0. The van der Waals surface area contributed by atoms with E-state index in [0.717, 1.165) is 129 Å². The van der Waals surface area contributed by atoms with Gasteiger partial charge in [-0.25, -0.2) is 0 Å². The van der Waals surface area contributed by atoms with Crippen LogP contribution >= 0.6 is 0 Å². The Bertz CT molecular complexity index is 5580. The van der Waals surface area contributed by atoms with Gasteiger partial charge in [0.15, 0.2) is 40.4 Å². The van der Waals surface area contributed by atoms with Crippen molar-refractivity contribution in [3.8, 4) is 94.7 Å². The van der Waals surface area contributed by atoms with E-state index in [9.17, 15) is 58.8 Å². The largest absolute Gasteiger partial charge is 0.451 e. The topological polar surface area (TPSA) is 421 Å². The Hall–Kier alpha value is -13.7. The van der Waals surface area contributed by atoms with Gasteiger partial charge in [-0.1, -0.05) is 44.5 Å². The van der Waals surface area contributed by atoms with E-state index in [2.05, 4.69) is 147 Å². The molecule has 4 aromatic heterocycles. The van der Waals surface area contributed by atoms with E-state index >= 15 is 0 Å². The number of nitrogens with one attached hydrogen (secondary N) is 7. The third-order valence-corrected chi connectivity index (χ3v) is 20.9. The smallest absolute Gasteiger partial charge is 0.252 e. The maximum atomic E-state index is 12.4. The van der Waals surface area contributed by atoms with E-state index in [4.69, 9.17) is 41.7 Å². The van der Waals surface area contributed by atoms with Crippen molar-refractivity contribution < 1.29 is 101 Å². The Morgan fingerprint density at radius 2 is 0.701 bits per heavy atom. The molecule has 0 bridgehead atoms. The molecule has 3 saturated heterocycles. The van der Waals surface area contributed by atoms with Crippen LogP contribution in [-0.4, -0.2) is 261 Å². The first-order chi connectivity index (χ1) is 66.3. The lowest BCUT2D eigenvalue weighted by molar-refractivity contribution is -0.125. The van der Waals surface area contributed by atoms with E-state index in [1.165, 1.54) is 34.7 Å². The molecule has 3 aliphatic heterocycles. The van der Waals surface area contributed by atoms with Crippen molar-refractivity contribution in [1.29, 1.82) is 0 Å². The molecule has 12 N–H and O–H groups in total. The third kappa shape index (κ3) is 40.0. The minimum atomic E-state index is -1.03.